The maximum absolute atomic E-state index is 13.1. The number of hydroxylamine groups is 4. The maximum atomic E-state index is 13.1. The van der Waals surface area contributed by atoms with Crippen LogP contribution in [0, 0.1) is 0 Å². The maximum Gasteiger partial charge on any atom is 0.229 e. The van der Waals surface area contributed by atoms with Crippen LogP contribution in [-0.4, -0.2) is 68.4 Å². The Morgan fingerprint density at radius 2 is 0.854 bits per heavy atom. The molecule has 2 saturated heterocycles. The molecule has 4 rings (SSSR count). The Morgan fingerprint density at radius 1 is 0.561 bits per heavy atom. The van der Waals surface area contributed by atoms with Crippen molar-refractivity contribution in [2.24, 2.45) is 0 Å². The lowest BCUT2D eigenvalue weighted by Gasteiger charge is -2.55. The lowest BCUT2D eigenvalue weighted by molar-refractivity contribution is -0.310. The quantitative estimate of drug-likeness (QED) is 0.336. The molecule has 4 fully saturated rings. The van der Waals surface area contributed by atoms with Crippen LogP contribution in [0.25, 0.3) is 0 Å². The predicted molar refractivity (Wildman–Crippen MR) is 163 cm³/mol. The van der Waals surface area contributed by atoms with Crippen LogP contribution in [0.15, 0.2) is 0 Å². The van der Waals surface area contributed by atoms with Crippen molar-refractivity contribution < 1.29 is 19.3 Å². The van der Waals surface area contributed by atoms with Crippen molar-refractivity contribution in [3.8, 4) is 0 Å². The van der Waals surface area contributed by atoms with Crippen molar-refractivity contribution in [3.05, 3.63) is 0 Å². The molecule has 0 bridgehead atoms. The van der Waals surface area contributed by atoms with Crippen LogP contribution in [-0.2, 0) is 19.3 Å². The van der Waals surface area contributed by atoms with Gasteiger partial charge in [0.1, 0.15) is 6.42 Å². The molecule has 2 aliphatic carbocycles. The standard InChI is InChI=1S/C33H60N4O4/c1-30(2)20-24(21-31(3,4)36(30)40-26-15-11-9-12-16-26)34-28(38)19-29(39)35-25-22-32(5,6)37(33(7,8)23-25)41-27-17-13-10-14-18-27/h24-27H,9-23H2,1-8H3,(H,34,38)(H,35,39). The molecule has 0 atom stereocenters. The van der Waals surface area contributed by atoms with Gasteiger partial charge in [0, 0.05) is 34.2 Å². The molecule has 2 amide bonds. The van der Waals surface area contributed by atoms with Gasteiger partial charge >= 0.3 is 0 Å². The van der Waals surface area contributed by atoms with Gasteiger partial charge in [-0.2, -0.15) is 10.1 Å². The summed E-state index contributed by atoms with van der Waals surface area (Å²) < 4.78 is 0. The van der Waals surface area contributed by atoms with Crippen molar-refractivity contribution in [1.29, 1.82) is 0 Å². The zero-order chi connectivity index (χ0) is 30.1. The van der Waals surface area contributed by atoms with Gasteiger partial charge in [0.15, 0.2) is 0 Å². The second-order valence-corrected chi connectivity index (χ2v) is 16.1. The fourth-order valence-electron chi connectivity index (χ4n) is 8.64. The van der Waals surface area contributed by atoms with Gasteiger partial charge in [-0.1, -0.05) is 38.5 Å². The number of hydrogen-bond donors (Lipinski definition) is 2. The number of piperidine rings is 2. The molecule has 41 heavy (non-hydrogen) atoms. The summed E-state index contributed by atoms with van der Waals surface area (Å²) in [6.07, 6.45) is 15.7. The summed E-state index contributed by atoms with van der Waals surface area (Å²) >= 11 is 0. The first-order chi connectivity index (χ1) is 19.1. The highest BCUT2D eigenvalue weighted by Crippen LogP contribution is 2.42. The summed E-state index contributed by atoms with van der Waals surface area (Å²) in [5.74, 6) is -0.394. The van der Waals surface area contributed by atoms with Gasteiger partial charge in [-0.25, -0.2) is 0 Å². The summed E-state index contributed by atoms with van der Waals surface area (Å²) in [6.45, 7) is 17.6. The zero-order valence-corrected chi connectivity index (χ0v) is 27.4. The first-order valence-electron chi connectivity index (χ1n) is 16.6. The number of amides is 2. The van der Waals surface area contributed by atoms with E-state index in [1.54, 1.807) is 0 Å². The number of hydrogen-bond acceptors (Lipinski definition) is 6. The number of carbonyl (C=O) groups excluding carboxylic acids is 2. The summed E-state index contributed by atoms with van der Waals surface area (Å²) in [5.41, 5.74) is -0.872. The van der Waals surface area contributed by atoms with E-state index in [1.807, 2.05) is 0 Å². The van der Waals surface area contributed by atoms with E-state index >= 15 is 0 Å². The fourth-order valence-corrected chi connectivity index (χ4v) is 8.64. The second kappa shape index (κ2) is 12.8. The molecule has 4 aliphatic rings. The fraction of sp³-hybridized carbons (Fsp3) is 0.939. The van der Waals surface area contributed by atoms with Crippen LogP contribution in [0.4, 0.5) is 0 Å². The largest absolute Gasteiger partial charge is 0.353 e. The Hall–Kier alpha value is -1.22. The molecule has 2 heterocycles. The van der Waals surface area contributed by atoms with Crippen LogP contribution >= 0.6 is 0 Å². The average Bonchev–Trinajstić information content (AvgIpc) is 2.84. The highest BCUT2D eigenvalue weighted by Gasteiger charge is 2.49. The van der Waals surface area contributed by atoms with Crippen molar-refractivity contribution in [1.82, 2.24) is 20.8 Å². The van der Waals surface area contributed by atoms with Crippen LogP contribution < -0.4 is 10.6 Å². The third-order valence-corrected chi connectivity index (χ3v) is 9.85. The van der Waals surface area contributed by atoms with Gasteiger partial charge in [-0.15, -0.1) is 0 Å². The van der Waals surface area contributed by atoms with E-state index in [9.17, 15) is 9.59 Å². The van der Waals surface area contributed by atoms with Gasteiger partial charge in [-0.3, -0.25) is 19.3 Å². The van der Waals surface area contributed by atoms with E-state index in [-0.39, 0.29) is 64.7 Å². The Bertz CT molecular complexity index is 797. The van der Waals surface area contributed by atoms with Crippen LogP contribution in [0.5, 0.6) is 0 Å². The Labute approximate surface area is 249 Å². The summed E-state index contributed by atoms with van der Waals surface area (Å²) in [7, 11) is 0. The lowest BCUT2D eigenvalue weighted by Crippen LogP contribution is -2.65. The van der Waals surface area contributed by atoms with Crippen molar-refractivity contribution in [2.45, 2.75) is 198 Å². The molecule has 8 nitrogen and oxygen atoms in total. The van der Waals surface area contributed by atoms with Gasteiger partial charge in [0.05, 0.1) is 12.2 Å². The summed E-state index contributed by atoms with van der Waals surface area (Å²) in [6, 6.07) is 0.00842. The van der Waals surface area contributed by atoms with Crippen LogP contribution in [0.2, 0.25) is 0 Å². The minimum absolute atomic E-state index is 0.00421. The third-order valence-electron chi connectivity index (χ3n) is 9.85. The molecule has 0 radical (unpaired) electrons. The normalized spacial score (nSPS) is 28.3. The Kier molecular flexibility index (Phi) is 10.2. The highest BCUT2D eigenvalue weighted by atomic mass is 16.7. The molecule has 0 spiro atoms. The minimum Gasteiger partial charge on any atom is -0.353 e. The molecule has 236 valence electrons. The van der Waals surface area contributed by atoms with E-state index in [0.29, 0.717) is 0 Å². The van der Waals surface area contributed by atoms with E-state index in [1.165, 1.54) is 38.5 Å². The molecular weight excluding hydrogens is 516 g/mol. The van der Waals surface area contributed by atoms with Gasteiger partial charge < -0.3 is 10.6 Å². The molecule has 0 aromatic heterocycles. The van der Waals surface area contributed by atoms with E-state index in [2.05, 4.69) is 76.1 Å². The molecule has 8 heteroatoms. The Morgan fingerprint density at radius 3 is 1.15 bits per heavy atom. The number of carbonyl (C=O) groups is 2. The zero-order valence-electron chi connectivity index (χ0n) is 27.4. The van der Waals surface area contributed by atoms with E-state index < -0.39 is 0 Å². The number of nitrogens with one attached hydrogen (secondary N) is 2. The predicted octanol–water partition coefficient (Wildman–Crippen LogP) is 6.18. The van der Waals surface area contributed by atoms with Crippen LogP contribution in [0.1, 0.15) is 152 Å². The molecule has 2 saturated carbocycles. The van der Waals surface area contributed by atoms with E-state index in [0.717, 1.165) is 51.4 Å². The topological polar surface area (TPSA) is 83.1 Å². The van der Waals surface area contributed by atoms with Gasteiger partial charge in [-0.05, 0) is 107 Å². The molecule has 2 aliphatic heterocycles. The van der Waals surface area contributed by atoms with Gasteiger partial charge in [0.2, 0.25) is 11.8 Å². The molecule has 0 unspecified atom stereocenters. The minimum atomic E-state index is -0.218. The average molecular weight is 577 g/mol. The monoisotopic (exact) mass is 576 g/mol. The van der Waals surface area contributed by atoms with Crippen molar-refractivity contribution in [3.63, 3.8) is 0 Å². The number of rotatable bonds is 8. The molecular formula is C33H60N4O4. The number of nitrogens with zero attached hydrogens (tertiary/aromatic N) is 2. The summed E-state index contributed by atoms with van der Waals surface area (Å²) in [4.78, 5) is 39.3. The first-order valence-corrected chi connectivity index (χ1v) is 16.6. The highest BCUT2D eigenvalue weighted by molar-refractivity contribution is 5.97. The lowest BCUT2D eigenvalue weighted by atomic mass is 9.78. The third kappa shape index (κ3) is 8.45. The summed E-state index contributed by atoms with van der Waals surface area (Å²) in [5, 5.41) is 10.8. The smallest absolute Gasteiger partial charge is 0.229 e. The molecule has 0 aromatic rings. The Balaban J connectivity index is 1.27. The first kappa shape index (κ1) is 32.7. The van der Waals surface area contributed by atoms with Crippen molar-refractivity contribution >= 4 is 11.8 Å². The van der Waals surface area contributed by atoms with Gasteiger partial charge in [0.25, 0.3) is 0 Å². The second-order valence-electron chi connectivity index (χ2n) is 16.1. The van der Waals surface area contributed by atoms with Crippen molar-refractivity contribution in [2.75, 3.05) is 0 Å². The molecule has 0 aromatic carbocycles. The SMILES string of the molecule is CC1(C)CC(NC(=O)CC(=O)NC2CC(C)(C)N(OC3CCCCC3)C(C)(C)C2)CC(C)(C)N1OC1CCCCC1. The molecule has 2 N–H and O–H groups in total. The van der Waals surface area contributed by atoms with E-state index in [4.69, 9.17) is 9.68 Å². The van der Waals surface area contributed by atoms with Crippen LogP contribution in [0.3, 0.4) is 0 Å².